The monoisotopic (exact) mass is 274 g/mol. The molecule has 0 radical (unpaired) electrons. The largest absolute Gasteiger partial charge is 0.325 e. The highest BCUT2D eigenvalue weighted by Gasteiger charge is 2.24. The van der Waals surface area contributed by atoms with Crippen molar-refractivity contribution < 1.29 is 4.79 Å². The van der Waals surface area contributed by atoms with Crippen molar-refractivity contribution in [2.45, 2.75) is 52.0 Å². The van der Waals surface area contributed by atoms with E-state index in [0.29, 0.717) is 11.8 Å². The molecule has 0 spiro atoms. The maximum absolute atomic E-state index is 12.2. The molecule has 2 N–H and O–H groups in total. The number of hydrogen-bond donors (Lipinski definition) is 2. The Morgan fingerprint density at radius 1 is 1.40 bits per heavy atom. The molecule has 1 heterocycles. The molecule has 3 atom stereocenters. The van der Waals surface area contributed by atoms with E-state index in [0.717, 1.165) is 31.5 Å². The maximum atomic E-state index is 12.2. The Hall–Kier alpha value is -1.35. The first-order chi connectivity index (χ1) is 9.60. The normalized spacial score (nSPS) is 24.1. The van der Waals surface area contributed by atoms with Crippen LogP contribution in [0.1, 0.15) is 51.5 Å². The van der Waals surface area contributed by atoms with Gasteiger partial charge in [-0.3, -0.25) is 4.79 Å². The molecule has 1 aromatic rings. The number of amides is 1. The lowest BCUT2D eigenvalue weighted by molar-refractivity contribution is -0.119. The molecule has 1 aromatic carbocycles. The Labute approximate surface area is 122 Å². The smallest absolute Gasteiger partial charge is 0.241 e. The maximum Gasteiger partial charge on any atom is 0.241 e. The van der Waals surface area contributed by atoms with Gasteiger partial charge < -0.3 is 10.6 Å². The fraction of sp³-hybridized carbons (Fsp3) is 0.588. The molecule has 3 nitrogen and oxygen atoms in total. The molecule has 0 saturated carbocycles. The first-order valence-corrected chi connectivity index (χ1v) is 7.74. The van der Waals surface area contributed by atoms with Gasteiger partial charge in [-0.15, -0.1) is 0 Å². The number of anilines is 1. The van der Waals surface area contributed by atoms with Crippen molar-refractivity contribution in [3.8, 4) is 0 Å². The summed E-state index contributed by atoms with van der Waals surface area (Å²) in [5.74, 6) is 1.29. The van der Waals surface area contributed by atoms with Crippen molar-refractivity contribution in [2.75, 3.05) is 11.9 Å². The van der Waals surface area contributed by atoms with Crippen LogP contribution in [0.4, 0.5) is 5.69 Å². The molecule has 110 valence electrons. The zero-order valence-corrected chi connectivity index (χ0v) is 12.8. The summed E-state index contributed by atoms with van der Waals surface area (Å²) in [6.07, 6.45) is 3.22. The van der Waals surface area contributed by atoms with Crippen LogP contribution >= 0.6 is 0 Å². The summed E-state index contributed by atoms with van der Waals surface area (Å²) in [5.41, 5.74) is 2.22. The molecule has 1 fully saturated rings. The van der Waals surface area contributed by atoms with Crippen LogP contribution in [0.5, 0.6) is 0 Å². The number of piperidine rings is 1. The number of rotatable bonds is 4. The first kappa shape index (κ1) is 15.0. The fourth-order valence-corrected chi connectivity index (χ4v) is 2.67. The highest BCUT2D eigenvalue weighted by Crippen LogP contribution is 2.21. The lowest BCUT2D eigenvalue weighted by atomic mass is 9.94. The Kier molecular flexibility index (Phi) is 5.18. The summed E-state index contributed by atoms with van der Waals surface area (Å²) in [6, 6.07) is 8.19. The summed E-state index contributed by atoms with van der Waals surface area (Å²) in [6.45, 7) is 7.56. The van der Waals surface area contributed by atoms with Crippen LogP contribution in [0, 0.1) is 5.92 Å². The Morgan fingerprint density at radius 3 is 2.70 bits per heavy atom. The Balaban J connectivity index is 1.94. The number of hydrogen-bond acceptors (Lipinski definition) is 2. The molecular weight excluding hydrogens is 248 g/mol. The van der Waals surface area contributed by atoms with Gasteiger partial charge in [0.1, 0.15) is 0 Å². The van der Waals surface area contributed by atoms with Gasteiger partial charge in [-0.25, -0.2) is 0 Å². The van der Waals surface area contributed by atoms with Crippen molar-refractivity contribution in [3.63, 3.8) is 0 Å². The molecule has 1 aliphatic rings. The van der Waals surface area contributed by atoms with E-state index < -0.39 is 0 Å². The molecule has 0 bridgehead atoms. The third kappa shape index (κ3) is 3.83. The topological polar surface area (TPSA) is 41.1 Å². The van der Waals surface area contributed by atoms with E-state index in [1.54, 1.807) is 0 Å². The second kappa shape index (κ2) is 6.89. The predicted octanol–water partition coefficient (Wildman–Crippen LogP) is 3.53. The highest BCUT2D eigenvalue weighted by molar-refractivity contribution is 5.94. The SMILES string of the molecule is CCC(C)c1ccc(NC(=O)C2CC(C)CCN2)cc1. The van der Waals surface area contributed by atoms with Gasteiger partial charge in [0.2, 0.25) is 5.91 Å². The van der Waals surface area contributed by atoms with Gasteiger partial charge in [-0.05, 0) is 55.3 Å². The average molecular weight is 274 g/mol. The van der Waals surface area contributed by atoms with Crippen molar-refractivity contribution in [1.82, 2.24) is 5.32 Å². The van der Waals surface area contributed by atoms with E-state index in [9.17, 15) is 4.79 Å². The molecule has 1 amide bonds. The molecule has 20 heavy (non-hydrogen) atoms. The van der Waals surface area contributed by atoms with Crippen LogP contribution in [0.15, 0.2) is 24.3 Å². The third-order valence-electron chi connectivity index (χ3n) is 4.34. The standard InChI is InChI=1S/C17H26N2O/c1-4-13(3)14-5-7-15(8-6-14)19-17(20)16-11-12(2)9-10-18-16/h5-8,12-13,16,18H,4,9-11H2,1-3H3,(H,19,20). The molecule has 0 aliphatic carbocycles. The molecule has 3 heteroatoms. The lowest BCUT2D eigenvalue weighted by Gasteiger charge is -2.27. The number of carbonyl (C=O) groups excluding carboxylic acids is 1. The number of nitrogens with one attached hydrogen (secondary N) is 2. The van der Waals surface area contributed by atoms with Crippen LogP contribution in [-0.2, 0) is 4.79 Å². The number of benzene rings is 1. The second-order valence-electron chi connectivity index (χ2n) is 6.06. The Bertz CT molecular complexity index is 441. The van der Waals surface area contributed by atoms with Crippen LogP contribution in [-0.4, -0.2) is 18.5 Å². The van der Waals surface area contributed by atoms with E-state index in [-0.39, 0.29) is 11.9 Å². The molecule has 2 rings (SSSR count). The van der Waals surface area contributed by atoms with Crippen molar-refractivity contribution in [3.05, 3.63) is 29.8 Å². The van der Waals surface area contributed by atoms with Gasteiger partial charge >= 0.3 is 0 Å². The zero-order chi connectivity index (χ0) is 14.5. The number of carbonyl (C=O) groups is 1. The van der Waals surface area contributed by atoms with Gasteiger partial charge in [0.25, 0.3) is 0 Å². The van der Waals surface area contributed by atoms with Gasteiger partial charge in [0.05, 0.1) is 6.04 Å². The van der Waals surface area contributed by atoms with Gasteiger partial charge in [-0.2, -0.15) is 0 Å². The molecule has 1 saturated heterocycles. The average Bonchev–Trinajstić information content (AvgIpc) is 2.47. The summed E-state index contributed by atoms with van der Waals surface area (Å²) in [4.78, 5) is 12.2. The molecule has 0 aromatic heterocycles. The van der Waals surface area contributed by atoms with Crippen LogP contribution in [0.3, 0.4) is 0 Å². The lowest BCUT2D eigenvalue weighted by Crippen LogP contribution is -2.45. The second-order valence-corrected chi connectivity index (χ2v) is 6.06. The van der Waals surface area contributed by atoms with Gasteiger partial charge in [0.15, 0.2) is 0 Å². The van der Waals surface area contributed by atoms with Crippen LogP contribution in [0.2, 0.25) is 0 Å². The summed E-state index contributed by atoms with van der Waals surface area (Å²) in [7, 11) is 0. The van der Waals surface area contributed by atoms with Gasteiger partial charge in [0, 0.05) is 5.69 Å². The Morgan fingerprint density at radius 2 is 2.10 bits per heavy atom. The quantitative estimate of drug-likeness (QED) is 0.882. The minimum Gasteiger partial charge on any atom is -0.325 e. The summed E-state index contributed by atoms with van der Waals surface area (Å²) in [5, 5.41) is 6.31. The minimum atomic E-state index is -0.0482. The summed E-state index contributed by atoms with van der Waals surface area (Å²) < 4.78 is 0. The molecule has 1 aliphatic heterocycles. The van der Waals surface area contributed by atoms with Crippen molar-refractivity contribution >= 4 is 11.6 Å². The van der Waals surface area contributed by atoms with Crippen molar-refractivity contribution in [1.29, 1.82) is 0 Å². The van der Waals surface area contributed by atoms with E-state index in [1.165, 1.54) is 5.56 Å². The van der Waals surface area contributed by atoms with Gasteiger partial charge in [-0.1, -0.05) is 32.9 Å². The fourth-order valence-electron chi connectivity index (χ4n) is 2.67. The molecular formula is C17H26N2O. The van der Waals surface area contributed by atoms with Crippen molar-refractivity contribution in [2.24, 2.45) is 5.92 Å². The third-order valence-corrected chi connectivity index (χ3v) is 4.34. The summed E-state index contributed by atoms with van der Waals surface area (Å²) >= 11 is 0. The van der Waals surface area contributed by atoms with Crippen LogP contribution in [0.25, 0.3) is 0 Å². The van der Waals surface area contributed by atoms with E-state index >= 15 is 0 Å². The minimum absolute atomic E-state index is 0.0482. The predicted molar refractivity (Wildman–Crippen MR) is 84.0 cm³/mol. The highest BCUT2D eigenvalue weighted by atomic mass is 16.2. The van der Waals surface area contributed by atoms with E-state index in [1.807, 2.05) is 12.1 Å². The van der Waals surface area contributed by atoms with E-state index in [4.69, 9.17) is 0 Å². The molecule has 3 unspecified atom stereocenters. The van der Waals surface area contributed by atoms with E-state index in [2.05, 4.69) is 43.5 Å². The zero-order valence-electron chi connectivity index (χ0n) is 12.8. The first-order valence-electron chi connectivity index (χ1n) is 7.74. The van der Waals surface area contributed by atoms with Crippen LogP contribution < -0.4 is 10.6 Å².